The van der Waals surface area contributed by atoms with E-state index in [0.29, 0.717) is 0 Å². The first-order valence-corrected chi connectivity index (χ1v) is 8.23. The fourth-order valence-electron chi connectivity index (χ4n) is 2.97. The normalized spacial score (nSPS) is 21.2. The van der Waals surface area contributed by atoms with E-state index in [0.717, 1.165) is 52.2 Å². The second-order valence-corrected chi connectivity index (χ2v) is 6.36. The summed E-state index contributed by atoms with van der Waals surface area (Å²) in [6.45, 7) is 7.00. The van der Waals surface area contributed by atoms with Crippen LogP contribution in [0.4, 0.5) is 4.79 Å². The Morgan fingerprint density at radius 1 is 1.09 bits per heavy atom. The Labute approximate surface area is 132 Å². The van der Waals surface area contributed by atoms with E-state index in [1.54, 1.807) is 0 Å². The van der Waals surface area contributed by atoms with Gasteiger partial charge in [0.25, 0.3) is 0 Å². The molecule has 1 atom stereocenters. The maximum atomic E-state index is 12.3. The minimum absolute atomic E-state index is 0.0673. The SMILES string of the molecule is CN1CCN(CC(NC(=O)N2CCC2)c2ccccc2)CC1. The van der Waals surface area contributed by atoms with Gasteiger partial charge in [0.2, 0.25) is 0 Å². The van der Waals surface area contributed by atoms with Crippen LogP contribution < -0.4 is 5.32 Å². The number of hydrogen-bond donors (Lipinski definition) is 1. The summed E-state index contributed by atoms with van der Waals surface area (Å²) >= 11 is 0. The first-order chi connectivity index (χ1) is 10.7. The molecular formula is C17H26N4O. The highest BCUT2D eigenvalue weighted by Crippen LogP contribution is 2.17. The molecular weight excluding hydrogens is 276 g/mol. The second kappa shape index (κ2) is 7.11. The number of nitrogens with one attached hydrogen (secondary N) is 1. The summed E-state index contributed by atoms with van der Waals surface area (Å²) in [5, 5.41) is 3.23. The van der Waals surface area contributed by atoms with Gasteiger partial charge in [-0.2, -0.15) is 0 Å². The van der Waals surface area contributed by atoms with Gasteiger partial charge >= 0.3 is 6.03 Å². The smallest absolute Gasteiger partial charge is 0.317 e. The summed E-state index contributed by atoms with van der Waals surface area (Å²) in [6, 6.07) is 10.5. The van der Waals surface area contributed by atoms with E-state index in [2.05, 4.69) is 34.3 Å². The molecule has 22 heavy (non-hydrogen) atoms. The van der Waals surface area contributed by atoms with E-state index in [-0.39, 0.29) is 12.1 Å². The molecule has 5 nitrogen and oxygen atoms in total. The summed E-state index contributed by atoms with van der Waals surface area (Å²) < 4.78 is 0. The van der Waals surface area contributed by atoms with Crippen molar-refractivity contribution in [1.29, 1.82) is 0 Å². The first-order valence-electron chi connectivity index (χ1n) is 8.23. The number of hydrogen-bond acceptors (Lipinski definition) is 3. The average Bonchev–Trinajstić information content (AvgIpc) is 2.48. The number of urea groups is 1. The Kier molecular flexibility index (Phi) is 4.95. The molecule has 120 valence electrons. The lowest BCUT2D eigenvalue weighted by atomic mass is 10.1. The van der Waals surface area contributed by atoms with Crippen molar-refractivity contribution in [2.45, 2.75) is 12.5 Å². The van der Waals surface area contributed by atoms with E-state index in [1.807, 2.05) is 23.1 Å². The molecule has 0 spiro atoms. The molecule has 0 bridgehead atoms. The lowest BCUT2D eigenvalue weighted by Crippen LogP contribution is -2.52. The molecule has 2 amide bonds. The molecule has 5 heteroatoms. The van der Waals surface area contributed by atoms with Gasteiger partial charge < -0.3 is 15.1 Å². The minimum Gasteiger partial charge on any atom is -0.330 e. The van der Waals surface area contributed by atoms with E-state index < -0.39 is 0 Å². The Morgan fingerprint density at radius 2 is 1.77 bits per heavy atom. The molecule has 2 saturated heterocycles. The molecule has 2 fully saturated rings. The van der Waals surface area contributed by atoms with Crippen molar-refractivity contribution in [3.8, 4) is 0 Å². The Hall–Kier alpha value is -1.59. The predicted molar refractivity (Wildman–Crippen MR) is 87.8 cm³/mol. The number of nitrogens with zero attached hydrogens (tertiary/aromatic N) is 3. The third-order valence-electron chi connectivity index (χ3n) is 4.68. The van der Waals surface area contributed by atoms with E-state index >= 15 is 0 Å². The van der Waals surface area contributed by atoms with Crippen LogP contribution in [0, 0.1) is 0 Å². The van der Waals surface area contributed by atoms with Crippen molar-refractivity contribution in [3.05, 3.63) is 35.9 Å². The summed E-state index contributed by atoms with van der Waals surface area (Å²) in [4.78, 5) is 19.0. The number of carbonyl (C=O) groups is 1. The van der Waals surface area contributed by atoms with Crippen LogP contribution in [0.25, 0.3) is 0 Å². The summed E-state index contributed by atoms with van der Waals surface area (Å²) in [5.74, 6) is 0. The number of likely N-dealkylation sites (tertiary alicyclic amines) is 1. The summed E-state index contributed by atoms with van der Waals surface area (Å²) in [7, 11) is 2.16. The fraction of sp³-hybridized carbons (Fsp3) is 0.588. The van der Waals surface area contributed by atoms with Crippen LogP contribution in [-0.2, 0) is 0 Å². The predicted octanol–water partition coefficient (Wildman–Crippen LogP) is 1.39. The zero-order valence-electron chi connectivity index (χ0n) is 13.4. The van der Waals surface area contributed by atoms with Crippen molar-refractivity contribution in [2.24, 2.45) is 0 Å². The van der Waals surface area contributed by atoms with Crippen LogP contribution in [0.3, 0.4) is 0 Å². The number of amides is 2. The lowest BCUT2D eigenvalue weighted by molar-refractivity contribution is 0.134. The molecule has 0 aromatic heterocycles. The van der Waals surface area contributed by atoms with Crippen molar-refractivity contribution >= 4 is 6.03 Å². The quantitative estimate of drug-likeness (QED) is 0.913. The third-order valence-corrected chi connectivity index (χ3v) is 4.68. The highest BCUT2D eigenvalue weighted by atomic mass is 16.2. The molecule has 1 unspecified atom stereocenters. The molecule has 2 heterocycles. The number of rotatable bonds is 4. The van der Waals surface area contributed by atoms with Gasteiger partial charge in [-0.25, -0.2) is 4.79 Å². The third kappa shape index (κ3) is 3.78. The molecule has 1 aromatic rings. The highest BCUT2D eigenvalue weighted by molar-refractivity contribution is 5.75. The number of piperazine rings is 1. The van der Waals surface area contributed by atoms with Crippen molar-refractivity contribution < 1.29 is 4.79 Å². The van der Waals surface area contributed by atoms with Gasteiger partial charge in [-0.1, -0.05) is 30.3 Å². The molecule has 2 aliphatic rings. The Balaban J connectivity index is 1.64. The molecule has 1 aromatic carbocycles. The van der Waals surface area contributed by atoms with Crippen LogP contribution in [0.5, 0.6) is 0 Å². The van der Waals surface area contributed by atoms with E-state index in [1.165, 1.54) is 5.56 Å². The van der Waals surface area contributed by atoms with E-state index in [9.17, 15) is 4.79 Å². The number of benzene rings is 1. The van der Waals surface area contributed by atoms with Crippen LogP contribution in [0.2, 0.25) is 0 Å². The lowest BCUT2D eigenvalue weighted by Gasteiger charge is -2.37. The van der Waals surface area contributed by atoms with Crippen LogP contribution in [-0.4, -0.2) is 73.6 Å². The first kappa shape index (κ1) is 15.3. The topological polar surface area (TPSA) is 38.8 Å². The number of carbonyl (C=O) groups excluding carboxylic acids is 1. The minimum atomic E-state index is 0.0673. The van der Waals surface area contributed by atoms with E-state index in [4.69, 9.17) is 0 Å². The molecule has 3 rings (SSSR count). The molecule has 1 N–H and O–H groups in total. The van der Waals surface area contributed by atoms with Crippen LogP contribution in [0.15, 0.2) is 30.3 Å². The summed E-state index contributed by atoms with van der Waals surface area (Å²) in [5.41, 5.74) is 1.19. The highest BCUT2D eigenvalue weighted by Gasteiger charge is 2.25. The summed E-state index contributed by atoms with van der Waals surface area (Å²) in [6.07, 6.45) is 1.13. The largest absolute Gasteiger partial charge is 0.330 e. The number of likely N-dealkylation sites (N-methyl/N-ethyl adjacent to an activating group) is 1. The van der Waals surface area contributed by atoms with Crippen molar-refractivity contribution in [1.82, 2.24) is 20.0 Å². The second-order valence-electron chi connectivity index (χ2n) is 6.36. The Morgan fingerprint density at radius 3 is 2.36 bits per heavy atom. The Bertz CT molecular complexity index is 481. The maximum Gasteiger partial charge on any atom is 0.317 e. The maximum absolute atomic E-state index is 12.3. The zero-order chi connectivity index (χ0) is 15.4. The van der Waals surface area contributed by atoms with Crippen molar-refractivity contribution in [3.63, 3.8) is 0 Å². The molecule has 0 aliphatic carbocycles. The van der Waals surface area contributed by atoms with Gasteiger partial charge in [-0.3, -0.25) is 4.90 Å². The van der Waals surface area contributed by atoms with Crippen LogP contribution >= 0.6 is 0 Å². The van der Waals surface area contributed by atoms with Gasteiger partial charge in [0.05, 0.1) is 6.04 Å². The standard InChI is InChI=1S/C17H26N4O/c1-19-10-12-20(13-11-19)14-16(15-6-3-2-4-7-15)18-17(22)21-8-5-9-21/h2-4,6-7,16H,5,8-14H2,1H3,(H,18,22). The van der Waals surface area contributed by atoms with Crippen LogP contribution in [0.1, 0.15) is 18.0 Å². The van der Waals surface area contributed by atoms with Gasteiger partial charge in [0.1, 0.15) is 0 Å². The molecule has 0 radical (unpaired) electrons. The average molecular weight is 302 g/mol. The zero-order valence-corrected chi connectivity index (χ0v) is 13.4. The van der Waals surface area contributed by atoms with Gasteiger partial charge in [0.15, 0.2) is 0 Å². The van der Waals surface area contributed by atoms with Gasteiger partial charge in [-0.15, -0.1) is 0 Å². The molecule has 0 saturated carbocycles. The molecule has 2 aliphatic heterocycles. The monoisotopic (exact) mass is 302 g/mol. The fourth-order valence-corrected chi connectivity index (χ4v) is 2.97. The van der Waals surface area contributed by atoms with Gasteiger partial charge in [-0.05, 0) is 19.0 Å². The van der Waals surface area contributed by atoms with Gasteiger partial charge in [0, 0.05) is 45.8 Å². The van der Waals surface area contributed by atoms with Crippen molar-refractivity contribution in [2.75, 3.05) is 52.9 Å².